The molecule has 3 rings (SSSR count). The summed E-state index contributed by atoms with van der Waals surface area (Å²) in [6, 6.07) is 9.25. The Balaban J connectivity index is 1.94. The van der Waals surface area contributed by atoms with E-state index in [1.165, 1.54) is 18.2 Å². The Labute approximate surface area is 157 Å². The van der Waals surface area contributed by atoms with Crippen LogP contribution in [0.4, 0.5) is 8.78 Å². The van der Waals surface area contributed by atoms with Gasteiger partial charge in [0.1, 0.15) is 0 Å². The van der Waals surface area contributed by atoms with Crippen molar-refractivity contribution < 1.29 is 22.8 Å². The lowest BCUT2D eigenvalue weighted by Crippen LogP contribution is -2.04. The van der Waals surface area contributed by atoms with Crippen molar-refractivity contribution in [2.75, 3.05) is 6.61 Å². The zero-order valence-corrected chi connectivity index (χ0v) is 14.9. The molecule has 0 spiro atoms. The van der Waals surface area contributed by atoms with Crippen LogP contribution in [0.2, 0.25) is 10.0 Å². The van der Waals surface area contributed by atoms with E-state index in [0.29, 0.717) is 21.2 Å². The first kappa shape index (κ1) is 18.4. The fourth-order valence-electron chi connectivity index (χ4n) is 2.22. The SMILES string of the molecule is CCOc1cc(-c2nc(-c3ccc(Cl)cc3Cl)no2)ccc1OC(F)F. The summed E-state index contributed by atoms with van der Waals surface area (Å²) in [5, 5.41) is 4.75. The first-order valence-electron chi connectivity index (χ1n) is 7.49. The highest BCUT2D eigenvalue weighted by molar-refractivity contribution is 6.36. The standard InChI is InChI=1S/C17H12Cl2F2N2O3/c1-2-24-14-7-9(3-6-13(14)25-17(20)21)16-22-15(23-26-16)11-5-4-10(18)8-12(11)19/h3-8,17H,2H2,1H3. The van der Waals surface area contributed by atoms with Crippen LogP contribution in [0.3, 0.4) is 0 Å². The van der Waals surface area contributed by atoms with Crippen LogP contribution in [0.15, 0.2) is 40.9 Å². The zero-order valence-electron chi connectivity index (χ0n) is 13.4. The average Bonchev–Trinajstić information content (AvgIpc) is 3.06. The number of nitrogens with zero attached hydrogens (tertiary/aromatic N) is 2. The highest BCUT2D eigenvalue weighted by Crippen LogP contribution is 2.35. The monoisotopic (exact) mass is 400 g/mol. The van der Waals surface area contributed by atoms with Gasteiger partial charge in [0.05, 0.1) is 11.6 Å². The summed E-state index contributed by atoms with van der Waals surface area (Å²) in [7, 11) is 0. The summed E-state index contributed by atoms with van der Waals surface area (Å²) in [6.07, 6.45) is 0. The second-order valence-electron chi connectivity index (χ2n) is 5.02. The van der Waals surface area contributed by atoms with Gasteiger partial charge < -0.3 is 14.0 Å². The van der Waals surface area contributed by atoms with E-state index < -0.39 is 6.61 Å². The van der Waals surface area contributed by atoms with Gasteiger partial charge in [-0.15, -0.1) is 0 Å². The second kappa shape index (κ2) is 7.88. The molecule has 0 fully saturated rings. The largest absolute Gasteiger partial charge is 0.490 e. The Morgan fingerprint density at radius 3 is 2.62 bits per heavy atom. The lowest BCUT2D eigenvalue weighted by Gasteiger charge is -2.11. The third-order valence-electron chi connectivity index (χ3n) is 3.30. The molecule has 1 aromatic heterocycles. The number of hydrogen-bond donors (Lipinski definition) is 0. The van der Waals surface area contributed by atoms with Gasteiger partial charge in [0.15, 0.2) is 11.5 Å². The summed E-state index contributed by atoms with van der Waals surface area (Å²) in [6.45, 7) is -0.952. The molecule has 9 heteroatoms. The van der Waals surface area contributed by atoms with Gasteiger partial charge in [-0.2, -0.15) is 13.8 Å². The van der Waals surface area contributed by atoms with Crippen molar-refractivity contribution in [1.82, 2.24) is 10.1 Å². The third kappa shape index (κ3) is 4.05. The highest BCUT2D eigenvalue weighted by atomic mass is 35.5. The Morgan fingerprint density at radius 2 is 1.92 bits per heavy atom. The minimum atomic E-state index is -2.96. The molecule has 0 atom stereocenters. The first-order valence-corrected chi connectivity index (χ1v) is 8.24. The molecule has 5 nitrogen and oxygen atoms in total. The van der Waals surface area contributed by atoms with Gasteiger partial charge >= 0.3 is 6.61 Å². The van der Waals surface area contributed by atoms with Crippen molar-refractivity contribution in [3.63, 3.8) is 0 Å². The molecule has 0 aliphatic carbocycles. The van der Waals surface area contributed by atoms with E-state index in [0.717, 1.165) is 0 Å². The van der Waals surface area contributed by atoms with Gasteiger partial charge in [0.2, 0.25) is 5.82 Å². The van der Waals surface area contributed by atoms with E-state index in [-0.39, 0.29) is 29.8 Å². The molecule has 0 saturated carbocycles. The van der Waals surface area contributed by atoms with Crippen LogP contribution in [-0.2, 0) is 0 Å². The van der Waals surface area contributed by atoms with Crippen molar-refractivity contribution >= 4 is 23.2 Å². The molecule has 0 amide bonds. The van der Waals surface area contributed by atoms with Gasteiger partial charge in [-0.25, -0.2) is 0 Å². The topological polar surface area (TPSA) is 57.4 Å². The lowest BCUT2D eigenvalue weighted by molar-refractivity contribution is -0.0514. The minimum Gasteiger partial charge on any atom is -0.490 e. The molecule has 0 bridgehead atoms. The maximum Gasteiger partial charge on any atom is 0.387 e. The van der Waals surface area contributed by atoms with E-state index in [1.807, 2.05) is 0 Å². The Kier molecular flexibility index (Phi) is 5.58. The molecular weight excluding hydrogens is 389 g/mol. The van der Waals surface area contributed by atoms with Gasteiger partial charge in [-0.1, -0.05) is 28.4 Å². The fraction of sp³-hybridized carbons (Fsp3) is 0.176. The Bertz CT molecular complexity index is 919. The number of aromatic nitrogens is 2. The van der Waals surface area contributed by atoms with Crippen LogP contribution in [0.1, 0.15) is 6.92 Å². The van der Waals surface area contributed by atoms with Crippen molar-refractivity contribution in [3.8, 4) is 34.3 Å². The molecular formula is C17H12Cl2F2N2O3. The van der Waals surface area contributed by atoms with E-state index in [1.54, 1.807) is 25.1 Å². The molecule has 3 aromatic rings. The summed E-state index contributed by atoms with van der Waals surface area (Å²) >= 11 is 12.0. The van der Waals surface area contributed by atoms with Crippen LogP contribution in [0.5, 0.6) is 11.5 Å². The number of alkyl halides is 2. The number of halogens is 4. The number of rotatable bonds is 6. The maximum atomic E-state index is 12.5. The summed E-state index contributed by atoms with van der Waals surface area (Å²) in [5.74, 6) is 0.517. The summed E-state index contributed by atoms with van der Waals surface area (Å²) in [5.41, 5.74) is 1.03. The van der Waals surface area contributed by atoms with Crippen LogP contribution in [0.25, 0.3) is 22.8 Å². The van der Waals surface area contributed by atoms with E-state index in [4.69, 9.17) is 32.5 Å². The van der Waals surface area contributed by atoms with Crippen LogP contribution in [-0.4, -0.2) is 23.4 Å². The summed E-state index contributed by atoms with van der Waals surface area (Å²) < 4.78 is 40.0. The van der Waals surface area contributed by atoms with Gasteiger partial charge in [-0.3, -0.25) is 0 Å². The highest BCUT2D eigenvalue weighted by Gasteiger charge is 2.17. The first-order chi connectivity index (χ1) is 12.5. The van der Waals surface area contributed by atoms with Crippen molar-refractivity contribution in [3.05, 3.63) is 46.4 Å². The lowest BCUT2D eigenvalue weighted by atomic mass is 10.2. The molecule has 1 heterocycles. The molecule has 136 valence electrons. The Morgan fingerprint density at radius 1 is 1.12 bits per heavy atom. The quantitative estimate of drug-likeness (QED) is 0.530. The molecule has 26 heavy (non-hydrogen) atoms. The molecule has 2 aromatic carbocycles. The van der Waals surface area contributed by atoms with E-state index >= 15 is 0 Å². The Hall–Kier alpha value is -2.38. The van der Waals surface area contributed by atoms with Crippen molar-refractivity contribution in [2.45, 2.75) is 13.5 Å². The van der Waals surface area contributed by atoms with E-state index in [2.05, 4.69) is 14.9 Å². The number of benzene rings is 2. The number of hydrogen-bond acceptors (Lipinski definition) is 5. The molecule has 0 aliphatic rings. The predicted molar refractivity (Wildman–Crippen MR) is 93.0 cm³/mol. The van der Waals surface area contributed by atoms with Crippen molar-refractivity contribution in [2.24, 2.45) is 0 Å². The number of ether oxygens (including phenoxy) is 2. The molecule has 0 unspecified atom stereocenters. The normalized spacial score (nSPS) is 11.0. The van der Waals surface area contributed by atoms with Crippen LogP contribution in [0, 0.1) is 0 Å². The van der Waals surface area contributed by atoms with Gasteiger partial charge in [-0.05, 0) is 43.3 Å². The molecule has 0 radical (unpaired) electrons. The average molecular weight is 401 g/mol. The maximum absolute atomic E-state index is 12.5. The molecule has 0 N–H and O–H groups in total. The van der Waals surface area contributed by atoms with E-state index in [9.17, 15) is 8.78 Å². The third-order valence-corrected chi connectivity index (χ3v) is 3.85. The molecule has 0 aliphatic heterocycles. The fourth-order valence-corrected chi connectivity index (χ4v) is 2.72. The zero-order chi connectivity index (χ0) is 18.7. The second-order valence-corrected chi connectivity index (χ2v) is 5.86. The van der Waals surface area contributed by atoms with Gasteiger partial charge in [0, 0.05) is 16.1 Å². The van der Waals surface area contributed by atoms with Crippen molar-refractivity contribution in [1.29, 1.82) is 0 Å². The summed E-state index contributed by atoms with van der Waals surface area (Å²) in [4.78, 5) is 4.28. The van der Waals surface area contributed by atoms with Gasteiger partial charge in [0.25, 0.3) is 5.89 Å². The predicted octanol–water partition coefficient (Wildman–Crippen LogP) is 5.71. The van der Waals surface area contributed by atoms with Crippen LogP contribution >= 0.6 is 23.2 Å². The molecule has 0 saturated heterocycles. The smallest absolute Gasteiger partial charge is 0.387 e. The minimum absolute atomic E-state index is 0.0777. The van der Waals surface area contributed by atoms with Crippen LogP contribution < -0.4 is 9.47 Å².